The third kappa shape index (κ3) is 6.83. The second kappa shape index (κ2) is 11.5. The maximum absolute atomic E-state index is 13.4. The molecule has 3 rings (SSSR count). The standard InChI is InChI=1S/C27H29ClN2O3/c1-19-9-14-25(20(2)15-19)33-18-26(31)30(17-22-10-12-23(28)13-11-22)24(27(32)29-3)16-21-7-5-4-6-8-21/h4-15,24H,16-18H2,1-3H3,(H,29,32). The fourth-order valence-electron chi connectivity index (χ4n) is 3.69. The molecular weight excluding hydrogens is 436 g/mol. The molecule has 0 spiro atoms. The second-order valence-electron chi connectivity index (χ2n) is 8.03. The van der Waals surface area contributed by atoms with Crippen molar-refractivity contribution in [2.24, 2.45) is 0 Å². The number of carbonyl (C=O) groups is 2. The summed E-state index contributed by atoms with van der Waals surface area (Å²) in [5.74, 6) is 0.155. The molecule has 5 nitrogen and oxygen atoms in total. The van der Waals surface area contributed by atoms with Gasteiger partial charge in [-0.25, -0.2) is 0 Å². The van der Waals surface area contributed by atoms with E-state index in [0.717, 1.165) is 22.3 Å². The van der Waals surface area contributed by atoms with Gasteiger partial charge in [-0.2, -0.15) is 0 Å². The molecule has 3 aromatic carbocycles. The lowest BCUT2D eigenvalue weighted by Crippen LogP contribution is -2.51. The Morgan fingerprint density at radius 2 is 1.67 bits per heavy atom. The average molecular weight is 465 g/mol. The molecule has 0 aliphatic carbocycles. The predicted molar refractivity (Wildman–Crippen MR) is 131 cm³/mol. The van der Waals surface area contributed by atoms with Crippen LogP contribution >= 0.6 is 11.6 Å². The smallest absolute Gasteiger partial charge is 0.261 e. The van der Waals surface area contributed by atoms with Crippen LogP contribution in [0.25, 0.3) is 0 Å². The lowest BCUT2D eigenvalue weighted by molar-refractivity contribution is -0.142. The van der Waals surface area contributed by atoms with E-state index in [-0.39, 0.29) is 25.0 Å². The number of hydrogen-bond donors (Lipinski definition) is 1. The fraction of sp³-hybridized carbons (Fsp3) is 0.259. The molecule has 0 heterocycles. The minimum atomic E-state index is -0.691. The van der Waals surface area contributed by atoms with Crippen molar-refractivity contribution in [1.29, 1.82) is 0 Å². The molecule has 33 heavy (non-hydrogen) atoms. The highest BCUT2D eigenvalue weighted by Crippen LogP contribution is 2.20. The van der Waals surface area contributed by atoms with Gasteiger partial charge in [0, 0.05) is 25.0 Å². The molecule has 0 saturated heterocycles. The number of hydrogen-bond acceptors (Lipinski definition) is 3. The quantitative estimate of drug-likeness (QED) is 0.498. The molecule has 1 unspecified atom stereocenters. The van der Waals surface area contributed by atoms with Crippen molar-refractivity contribution in [1.82, 2.24) is 10.2 Å². The zero-order valence-corrected chi connectivity index (χ0v) is 19.9. The number of nitrogens with one attached hydrogen (secondary N) is 1. The monoisotopic (exact) mass is 464 g/mol. The maximum atomic E-state index is 13.4. The summed E-state index contributed by atoms with van der Waals surface area (Å²) in [7, 11) is 1.58. The minimum Gasteiger partial charge on any atom is -0.483 e. The van der Waals surface area contributed by atoms with Gasteiger partial charge in [-0.3, -0.25) is 9.59 Å². The van der Waals surface area contributed by atoms with Crippen LogP contribution in [-0.2, 0) is 22.6 Å². The number of rotatable bonds is 9. The SMILES string of the molecule is CNC(=O)C(Cc1ccccc1)N(Cc1ccc(Cl)cc1)C(=O)COc1ccc(C)cc1C. The van der Waals surface area contributed by atoms with Crippen LogP contribution in [0.3, 0.4) is 0 Å². The Bertz CT molecular complexity index is 1080. The zero-order valence-electron chi connectivity index (χ0n) is 19.2. The molecule has 0 aliphatic rings. The van der Waals surface area contributed by atoms with Gasteiger partial charge in [0.05, 0.1) is 0 Å². The number of halogens is 1. The van der Waals surface area contributed by atoms with Crippen LogP contribution < -0.4 is 10.1 Å². The van der Waals surface area contributed by atoms with E-state index >= 15 is 0 Å². The summed E-state index contributed by atoms with van der Waals surface area (Å²) in [5.41, 5.74) is 3.92. The lowest BCUT2D eigenvalue weighted by atomic mass is 10.0. The predicted octanol–water partition coefficient (Wildman–Crippen LogP) is 4.72. The Balaban J connectivity index is 1.87. The first-order chi connectivity index (χ1) is 15.9. The molecule has 0 aromatic heterocycles. The van der Waals surface area contributed by atoms with Crippen LogP contribution in [0.2, 0.25) is 5.02 Å². The third-order valence-corrected chi connectivity index (χ3v) is 5.72. The number of ether oxygens (including phenoxy) is 1. The van der Waals surface area contributed by atoms with Crippen LogP contribution in [0.4, 0.5) is 0 Å². The molecular formula is C27H29ClN2O3. The van der Waals surface area contributed by atoms with E-state index in [9.17, 15) is 9.59 Å². The Hall–Kier alpha value is -3.31. The largest absolute Gasteiger partial charge is 0.483 e. The Morgan fingerprint density at radius 3 is 2.30 bits per heavy atom. The van der Waals surface area contributed by atoms with E-state index in [1.54, 1.807) is 24.1 Å². The maximum Gasteiger partial charge on any atom is 0.261 e. The molecule has 3 aromatic rings. The topological polar surface area (TPSA) is 58.6 Å². The van der Waals surface area contributed by atoms with Crippen LogP contribution in [0.15, 0.2) is 72.8 Å². The molecule has 0 radical (unpaired) electrons. The Labute approximate surface area is 200 Å². The lowest BCUT2D eigenvalue weighted by Gasteiger charge is -2.31. The van der Waals surface area contributed by atoms with Crippen molar-refractivity contribution in [3.05, 3.63) is 100 Å². The molecule has 0 aliphatic heterocycles. The summed E-state index contributed by atoms with van der Waals surface area (Å²) in [6.07, 6.45) is 0.392. The fourth-order valence-corrected chi connectivity index (χ4v) is 3.82. The van der Waals surface area contributed by atoms with Gasteiger partial charge in [0.15, 0.2) is 6.61 Å². The van der Waals surface area contributed by atoms with Crippen molar-refractivity contribution in [3.63, 3.8) is 0 Å². The summed E-state index contributed by atoms with van der Waals surface area (Å²) in [6, 6.07) is 22.1. The van der Waals surface area contributed by atoms with Crippen LogP contribution in [0.1, 0.15) is 22.3 Å². The summed E-state index contributed by atoms with van der Waals surface area (Å²) >= 11 is 6.03. The number of benzene rings is 3. The summed E-state index contributed by atoms with van der Waals surface area (Å²) in [6.45, 7) is 4.05. The van der Waals surface area contributed by atoms with E-state index in [0.29, 0.717) is 17.2 Å². The highest BCUT2D eigenvalue weighted by molar-refractivity contribution is 6.30. The second-order valence-corrected chi connectivity index (χ2v) is 8.46. The highest BCUT2D eigenvalue weighted by atomic mass is 35.5. The van der Waals surface area contributed by atoms with Gasteiger partial charge in [0.25, 0.3) is 5.91 Å². The number of nitrogens with zero attached hydrogens (tertiary/aromatic N) is 1. The summed E-state index contributed by atoms with van der Waals surface area (Å²) in [5, 5.41) is 3.32. The molecule has 0 saturated carbocycles. The van der Waals surface area contributed by atoms with Crippen LogP contribution in [-0.4, -0.2) is 36.4 Å². The van der Waals surface area contributed by atoms with Gasteiger partial charge in [0.1, 0.15) is 11.8 Å². The van der Waals surface area contributed by atoms with E-state index in [1.165, 1.54) is 0 Å². The Morgan fingerprint density at radius 1 is 0.970 bits per heavy atom. The summed E-state index contributed by atoms with van der Waals surface area (Å²) < 4.78 is 5.86. The number of likely N-dealkylation sites (N-methyl/N-ethyl adjacent to an activating group) is 1. The third-order valence-electron chi connectivity index (χ3n) is 5.47. The average Bonchev–Trinajstić information content (AvgIpc) is 2.82. The van der Waals surface area contributed by atoms with Crippen molar-refractivity contribution in [2.75, 3.05) is 13.7 Å². The first-order valence-corrected chi connectivity index (χ1v) is 11.2. The molecule has 2 amide bonds. The Kier molecular flexibility index (Phi) is 8.50. The molecule has 6 heteroatoms. The first kappa shape index (κ1) is 24.3. The van der Waals surface area contributed by atoms with Gasteiger partial charge in [-0.1, -0.05) is 71.8 Å². The summed E-state index contributed by atoms with van der Waals surface area (Å²) in [4.78, 5) is 27.9. The normalized spacial score (nSPS) is 11.5. The van der Waals surface area contributed by atoms with Crippen molar-refractivity contribution < 1.29 is 14.3 Å². The van der Waals surface area contributed by atoms with E-state index < -0.39 is 6.04 Å². The van der Waals surface area contributed by atoms with Crippen molar-refractivity contribution in [3.8, 4) is 5.75 Å². The number of aryl methyl sites for hydroxylation is 2. The zero-order chi connectivity index (χ0) is 23.8. The molecule has 0 fully saturated rings. The number of amides is 2. The van der Waals surface area contributed by atoms with Gasteiger partial charge in [-0.05, 0) is 48.7 Å². The van der Waals surface area contributed by atoms with Gasteiger partial charge < -0.3 is 15.0 Å². The van der Waals surface area contributed by atoms with Gasteiger partial charge >= 0.3 is 0 Å². The van der Waals surface area contributed by atoms with Gasteiger partial charge in [-0.15, -0.1) is 0 Å². The van der Waals surface area contributed by atoms with Crippen molar-refractivity contribution >= 4 is 23.4 Å². The van der Waals surface area contributed by atoms with E-state index in [4.69, 9.17) is 16.3 Å². The molecule has 172 valence electrons. The first-order valence-electron chi connectivity index (χ1n) is 10.9. The number of carbonyl (C=O) groups excluding carboxylic acids is 2. The van der Waals surface area contributed by atoms with Crippen LogP contribution in [0, 0.1) is 13.8 Å². The van der Waals surface area contributed by atoms with E-state index in [1.807, 2.05) is 74.5 Å². The van der Waals surface area contributed by atoms with Crippen molar-refractivity contribution in [2.45, 2.75) is 32.9 Å². The molecule has 1 N–H and O–H groups in total. The van der Waals surface area contributed by atoms with Crippen LogP contribution in [0.5, 0.6) is 5.75 Å². The van der Waals surface area contributed by atoms with E-state index in [2.05, 4.69) is 5.32 Å². The van der Waals surface area contributed by atoms with Gasteiger partial charge in [0.2, 0.25) is 5.91 Å². The molecule has 0 bridgehead atoms. The highest BCUT2D eigenvalue weighted by Gasteiger charge is 2.30. The minimum absolute atomic E-state index is 0.167. The molecule has 1 atom stereocenters.